The Morgan fingerprint density at radius 3 is 2.35 bits per heavy atom. The van der Waals surface area contributed by atoms with E-state index in [-0.39, 0.29) is 30.6 Å². The molecule has 3 heterocycles. The van der Waals surface area contributed by atoms with Gasteiger partial charge in [-0.3, -0.25) is 14.6 Å². The van der Waals surface area contributed by atoms with Crippen LogP contribution in [0.15, 0.2) is 115 Å². The van der Waals surface area contributed by atoms with Gasteiger partial charge >= 0.3 is 0 Å². The lowest BCUT2D eigenvalue weighted by Gasteiger charge is -2.28. The van der Waals surface area contributed by atoms with Gasteiger partial charge in [0, 0.05) is 49.7 Å². The van der Waals surface area contributed by atoms with Crippen LogP contribution in [0.1, 0.15) is 75.6 Å². The molecular weight excluding hydrogens is 577 g/mol. The molecule has 7 rings (SSSR count). The minimum Gasteiger partial charge on any atom is -0.478 e. The minimum absolute atomic E-state index is 0.0662. The van der Waals surface area contributed by atoms with E-state index in [1.165, 1.54) is 0 Å². The second-order valence-electron chi connectivity index (χ2n) is 12.1. The van der Waals surface area contributed by atoms with Gasteiger partial charge in [0.15, 0.2) is 5.75 Å². The largest absolute Gasteiger partial charge is 0.478 e. The number of piperidine rings is 1. The maximum atomic E-state index is 14.5. The first-order chi connectivity index (χ1) is 22.6. The molecule has 232 valence electrons. The van der Waals surface area contributed by atoms with Crippen LogP contribution < -0.4 is 4.74 Å². The number of fused-ring (bicyclic) bond motifs is 2. The van der Waals surface area contributed by atoms with Crippen molar-refractivity contribution in [2.75, 3.05) is 19.6 Å². The van der Waals surface area contributed by atoms with Gasteiger partial charge in [0.2, 0.25) is 0 Å². The van der Waals surface area contributed by atoms with Gasteiger partial charge in [-0.2, -0.15) is 0 Å². The molecule has 0 unspecified atom stereocenters. The second-order valence-corrected chi connectivity index (χ2v) is 12.1. The van der Waals surface area contributed by atoms with Crippen molar-refractivity contribution in [2.24, 2.45) is 0 Å². The van der Waals surface area contributed by atoms with Gasteiger partial charge in [-0.15, -0.1) is 0 Å². The van der Waals surface area contributed by atoms with Crippen LogP contribution in [0.3, 0.4) is 0 Å². The molecule has 46 heavy (non-hydrogen) atoms. The van der Waals surface area contributed by atoms with Gasteiger partial charge in [-0.05, 0) is 54.5 Å². The summed E-state index contributed by atoms with van der Waals surface area (Å²) in [6, 6.07) is 23.6. The van der Waals surface area contributed by atoms with Gasteiger partial charge in [0.1, 0.15) is 17.4 Å². The molecule has 6 nitrogen and oxygen atoms in total. The lowest BCUT2D eigenvalue weighted by atomic mass is 9.94. The number of amides is 2. The third-order valence-electron chi connectivity index (χ3n) is 9.01. The van der Waals surface area contributed by atoms with Crippen LogP contribution in [0, 0.1) is 0 Å². The maximum absolute atomic E-state index is 14.5. The van der Waals surface area contributed by atoms with Gasteiger partial charge in [-0.1, -0.05) is 85.0 Å². The van der Waals surface area contributed by atoms with Crippen molar-refractivity contribution in [1.82, 2.24) is 14.8 Å². The number of pyridine rings is 1. The van der Waals surface area contributed by atoms with Gasteiger partial charge < -0.3 is 14.5 Å². The molecule has 1 aromatic heterocycles. The van der Waals surface area contributed by atoms with Gasteiger partial charge in [-0.25, -0.2) is 4.39 Å². The van der Waals surface area contributed by atoms with E-state index in [1.54, 1.807) is 23.2 Å². The minimum atomic E-state index is -0.514. The van der Waals surface area contributed by atoms with Crippen molar-refractivity contribution in [3.8, 4) is 5.75 Å². The summed E-state index contributed by atoms with van der Waals surface area (Å²) in [6.45, 7) is 1.98. The van der Waals surface area contributed by atoms with Gasteiger partial charge in [0.25, 0.3) is 11.8 Å². The topological polar surface area (TPSA) is 62.7 Å². The molecule has 1 aliphatic carbocycles. The zero-order chi connectivity index (χ0) is 31.5. The molecule has 7 heteroatoms. The van der Waals surface area contributed by atoms with Crippen LogP contribution in [0.25, 0.3) is 10.9 Å². The van der Waals surface area contributed by atoms with E-state index in [2.05, 4.69) is 0 Å². The number of rotatable bonds is 7. The smallest absolute Gasteiger partial charge is 0.258 e. The highest BCUT2D eigenvalue weighted by molar-refractivity contribution is 6.16. The third-order valence-corrected chi connectivity index (χ3v) is 9.01. The summed E-state index contributed by atoms with van der Waals surface area (Å²) in [5.41, 5.74) is 4.90. The monoisotopic (exact) mass is 613 g/mol. The molecule has 0 spiro atoms. The molecule has 3 aromatic carbocycles. The molecule has 0 N–H and O–H groups in total. The Kier molecular flexibility index (Phi) is 8.47. The summed E-state index contributed by atoms with van der Waals surface area (Å²) in [6.07, 6.45) is 12.1. The van der Waals surface area contributed by atoms with Crippen molar-refractivity contribution in [2.45, 2.75) is 44.8 Å². The first-order valence-corrected chi connectivity index (χ1v) is 16.1. The molecule has 0 saturated carbocycles. The van der Waals surface area contributed by atoms with Crippen molar-refractivity contribution in [3.63, 3.8) is 0 Å². The SMILES string of the molecule is O=C1c2c(c(C(=O)N3CCCCC3)c3cccnc3c2OC(c2ccccc2)c2ccccc2)CN1C/C1=C/C/C=C(/F)CC=C1. The molecule has 1 saturated heterocycles. The molecule has 4 aromatic rings. The number of halogens is 1. The van der Waals surface area contributed by atoms with E-state index < -0.39 is 6.10 Å². The summed E-state index contributed by atoms with van der Waals surface area (Å²) in [5, 5.41) is 0.687. The van der Waals surface area contributed by atoms with Crippen LogP contribution in [-0.4, -0.2) is 46.2 Å². The molecule has 0 bridgehead atoms. The molecule has 3 aliphatic rings. The van der Waals surface area contributed by atoms with E-state index in [0.717, 1.165) is 36.0 Å². The predicted octanol–water partition coefficient (Wildman–Crippen LogP) is 8.11. The Hall–Kier alpha value is -5.04. The van der Waals surface area contributed by atoms with E-state index >= 15 is 0 Å². The molecule has 1 fully saturated rings. The number of hydrogen-bond acceptors (Lipinski definition) is 4. The number of likely N-dealkylation sites (tertiary alicyclic amines) is 1. The Bertz CT molecular complexity index is 1820. The number of benzene rings is 3. The fraction of sp³-hybridized carbons (Fsp3) is 0.256. The first kappa shape index (κ1) is 29.7. The van der Waals surface area contributed by atoms with Crippen molar-refractivity contribution in [3.05, 3.63) is 143 Å². The van der Waals surface area contributed by atoms with Crippen LogP contribution in [0.2, 0.25) is 0 Å². The lowest BCUT2D eigenvalue weighted by molar-refractivity contribution is 0.0722. The molecule has 0 radical (unpaired) electrons. The van der Waals surface area contributed by atoms with Crippen LogP contribution in [0.4, 0.5) is 4.39 Å². The lowest BCUT2D eigenvalue weighted by Crippen LogP contribution is -2.36. The predicted molar refractivity (Wildman–Crippen MR) is 177 cm³/mol. The first-order valence-electron chi connectivity index (χ1n) is 16.1. The normalized spacial score (nSPS) is 18.9. The average molecular weight is 614 g/mol. The summed E-state index contributed by atoms with van der Waals surface area (Å²) in [5.74, 6) is -0.0469. The Morgan fingerprint density at radius 1 is 0.913 bits per heavy atom. The fourth-order valence-electron chi connectivity index (χ4n) is 6.73. The summed E-state index contributed by atoms with van der Waals surface area (Å²) >= 11 is 0. The van der Waals surface area contributed by atoms with E-state index in [1.807, 2.05) is 89.8 Å². The van der Waals surface area contributed by atoms with Crippen molar-refractivity contribution >= 4 is 22.7 Å². The maximum Gasteiger partial charge on any atom is 0.258 e. The number of allylic oxidation sites excluding steroid dienone is 4. The fourth-order valence-corrected chi connectivity index (χ4v) is 6.73. The number of aromatic nitrogens is 1. The van der Waals surface area contributed by atoms with E-state index in [4.69, 9.17) is 9.72 Å². The standard InChI is InChI=1S/C39H36FN3O3/c40-30-19-10-13-27(14-11-20-30)25-43-26-32-33(38(44)42-23-8-3-9-24-42)31-21-12-22-41-35(31)37(34(32)39(43)45)46-36(28-15-4-1-5-16-28)29-17-6-2-7-18-29/h1-2,4-7,10,12-18,20-22,36H,3,8-9,11,19,23-26H2/b13-10?,27-14+,30-20+. The molecule has 0 atom stereocenters. The number of ether oxygens (including phenoxy) is 1. The average Bonchev–Trinajstić information content (AvgIpc) is 3.41. The summed E-state index contributed by atoms with van der Waals surface area (Å²) in [7, 11) is 0. The molecule has 2 aliphatic heterocycles. The second kappa shape index (κ2) is 13.1. The van der Waals surface area contributed by atoms with E-state index in [9.17, 15) is 14.0 Å². The zero-order valence-corrected chi connectivity index (χ0v) is 25.7. The number of carbonyl (C=O) groups excluding carboxylic acids is 2. The number of hydrogen-bond donors (Lipinski definition) is 0. The zero-order valence-electron chi connectivity index (χ0n) is 25.7. The van der Waals surface area contributed by atoms with Crippen LogP contribution in [-0.2, 0) is 6.54 Å². The summed E-state index contributed by atoms with van der Waals surface area (Å²) < 4.78 is 20.8. The highest BCUT2D eigenvalue weighted by Crippen LogP contribution is 2.43. The molecule has 2 amide bonds. The van der Waals surface area contributed by atoms with Crippen molar-refractivity contribution < 1.29 is 18.7 Å². The highest BCUT2D eigenvalue weighted by atomic mass is 19.1. The van der Waals surface area contributed by atoms with Crippen LogP contribution >= 0.6 is 0 Å². The quantitative estimate of drug-likeness (QED) is 0.211. The Balaban J connectivity index is 1.38. The van der Waals surface area contributed by atoms with Crippen LogP contribution in [0.5, 0.6) is 5.75 Å². The third kappa shape index (κ3) is 5.85. The van der Waals surface area contributed by atoms with Gasteiger partial charge in [0.05, 0.1) is 11.1 Å². The van der Waals surface area contributed by atoms with Crippen molar-refractivity contribution in [1.29, 1.82) is 0 Å². The number of nitrogens with zero attached hydrogens (tertiary/aromatic N) is 3. The summed E-state index contributed by atoms with van der Waals surface area (Å²) in [4.78, 5) is 37.3. The highest BCUT2D eigenvalue weighted by Gasteiger charge is 2.39. The Labute approximate surface area is 268 Å². The number of carbonyl (C=O) groups is 2. The van der Waals surface area contributed by atoms with E-state index in [0.29, 0.717) is 59.4 Å². The Morgan fingerprint density at radius 2 is 1.63 bits per heavy atom. The molecular formula is C39H36FN3O3.